The molecule has 0 atom stereocenters. The summed E-state index contributed by atoms with van der Waals surface area (Å²) in [5.41, 5.74) is 4.89. The summed E-state index contributed by atoms with van der Waals surface area (Å²) in [4.78, 5) is 36.1. The van der Waals surface area contributed by atoms with Gasteiger partial charge in [0.1, 0.15) is 11.5 Å². The molecule has 0 unspecified atom stereocenters. The number of ether oxygens (including phenoxy) is 2. The first kappa shape index (κ1) is 23.2. The maximum Gasteiger partial charge on any atom is 0.343 e. The number of esters is 1. The van der Waals surface area contributed by atoms with Crippen LogP contribution >= 0.6 is 0 Å². The number of rotatable bonds is 8. The Hall–Kier alpha value is -4.46. The van der Waals surface area contributed by atoms with Crippen molar-refractivity contribution >= 4 is 24.0 Å². The lowest BCUT2D eigenvalue weighted by Gasteiger charge is -2.06. The van der Waals surface area contributed by atoms with E-state index in [1.165, 1.54) is 13.3 Å². The molecule has 0 radical (unpaired) electrons. The van der Waals surface area contributed by atoms with E-state index in [1.54, 1.807) is 66.7 Å². The van der Waals surface area contributed by atoms with E-state index in [0.29, 0.717) is 28.2 Å². The van der Waals surface area contributed by atoms with E-state index in [2.05, 4.69) is 15.8 Å². The van der Waals surface area contributed by atoms with E-state index >= 15 is 0 Å². The summed E-state index contributed by atoms with van der Waals surface area (Å²) in [5.74, 6) is -0.270. The molecule has 3 aromatic carbocycles. The smallest absolute Gasteiger partial charge is 0.343 e. The van der Waals surface area contributed by atoms with E-state index in [1.807, 2.05) is 13.0 Å². The zero-order valence-electron chi connectivity index (χ0n) is 18.2. The second kappa shape index (κ2) is 11.2. The van der Waals surface area contributed by atoms with Crippen LogP contribution in [0.3, 0.4) is 0 Å². The molecule has 8 nitrogen and oxygen atoms in total. The molecule has 0 aliphatic rings. The molecule has 3 rings (SSSR count). The van der Waals surface area contributed by atoms with E-state index in [0.717, 1.165) is 5.56 Å². The van der Waals surface area contributed by atoms with Crippen molar-refractivity contribution in [2.24, 2.45) is 5.10 Å². The summed E-state index contributed by atoms with van der Waals surface area (Å²) in [6.07, 6.45) is 1.44. The Bertz CT molecular complexity index is 1160. The Kier molecular flexibility index (Phi) is 7.91. The highest BCUT2D eigenvalue weighted by Gasteiger charge is 2.09. The minimum absolute atomic E-state index is 0.226. The highest BCUT2D eigenvalue weighted by atomic mass is 16.5. The first-order valence-electron chi connectivity index (χ1n) is 10.1. The Morgan fingerprint density at radius 1 is 0.909 bits per heavy atom. The van der Waals surface area contributed by atoms with Gasteiger partial charge in [-0.15, -0.1) is 0 Å². The minimum atomic E-state index is -0.475. The summed E-state index contributed by atoms with van der Waals surface area (Å²) < 4.78 is 10.4. The van der Waals surface area contributed by atoms with E-state index < -0.39 is 11.9 Å². The maximum absolute atomic E-state index is 12.2. The second-order valence-corrected chi connectivity index (χ2v) is 7.03. The van der Waals surface area contributed by atoms with E-state index in [4.69, 9.17) is 9.47 Å². The fourth-order valence-corrected chi connectivity index (χ4v) is 2.78. The van der Waals surface area contributed by atoms with Gasteiger partial charge >= 0.3 is 5.97 Å². The molecule has 0 fully saturated rings. The highest BCUT2D eigenvalue weighted by molar-refractivity contribution is 5.96. The minimum Gasteiger partial charge on any atom is -0.497 e. The summed E-state index contributed by atoms with van der Waals surface area (Å²) in [6.45, 7) is 1.68. The molecule has 0 saturated heterocycles. The van der Waals surface area contributed by atoms with Crippen molar-refractivity contribution in [3.05, 3.63) is 95.1 Å². The van der Waals surface area contributed by atoms with Crippen LogP contribution in [-0.2, 0) is 4.79 Å². The van der Waals surface area contributed by atoms with Gasteiger partial charge in [0, 0.05) is 5.56 Å². The van der Waals surface area contributed by atoms with Crippen molar-refractivity contribution in [2.45, 2.75) is 6.92 Å². The van der Waals surface area contributed by atoms with Crippen LogP contribution in [0.25, 0.3) is 0 Å². The molecule has 3 aromatic rings. The van der Waals surface area contributed by atoms with Crippen LogP contribution in [-0.4, -0.2) is 37.7 Å². The van der Waals surface area contributed by atoms with Gasteiger partial charge in [-0.2, -0.15) is 5.10 Å². The first-order valence-corrected chi connectivity index (χ1v) is 10.1. The largest absolute Gasteiger partial charge is 0.497 e. The molecule has 0 aliphatic carbocycles. The fraction of sp³-hybridized carbons (Fsp3) is 0.120. The van der Waals surface area contributed by atoms with Crippen LogP contribution in [0.5, 0.6) is 11.5 Å². The van der Waals surface area contributed by atoms with Gasteiger partial charge in [-0.3, -0.25) is 9.59 Å². The average Bonchev–Trinajstić information content (AvgIpc) is 2.83. The third-order valence-corrected chi connectivity index (χ3v) is 4.51. The van der Waals surface area contributed by atoms with Gasteiger partial charge in [0.05, 0.1) is 25.4 Å². The predicted octanol–water partition coefficient (Wildman–Crippen LogP) is 3.10. The van der Waals surface area contributed by atoms with Crippen molar-refractivity contribution in [1.29, 1.82) is 0 Å². The van der Waals surface area contributed by atoms with Crippen LogP contribution in [0, 0.1) is 6.92 Å². The van der Waals surface area contributed by atoms with E-state index in [-0.39, 0.29) is 12.5 Å². The lowest BCUT2D eigenvalue weighted by Crippen LogP contribution is -2.34. The topological polar surface area (TPSA) is 106 Å². The third kappa shape index (κ3) is 7.03. The highest BCUT2D eigenvalue weighted by Crippen LogP contribution is 2.14. The number of benzene rings is 3. The lowest BCUT2D eigenvalue weighted by molar-refractivity contribution is -0.120. The van der Waals surface area contributed by atoms with Gasteiger partial charge in [-0.1, -0.05) is 17.7 Å². The number of hydrogen-bond acceptors (Lipinski definition) is 6. The molecule has 0 spiro atoms. The van der Waals surface area contributed by atoms with Gasteiger partial charge in [-0.05, 0) is 73.2 Å². The van der Waals surface area contributed by atoms with Crippen molar-refractivity contribution in [3.8, 4) is 11.5 Å². The molecule has 0 heterocycles. The molecular weight excluding hydrogens is 422 g/mol. The Morgan fingerprint density at radius 3 is 2.27 bits per heavy atom. The van der Waals surface area contributed by atoms with Gasteiger partial charge in [0.15, 0.2) is 0 Å². The molecule has 0 bridgehead atoms. The van der Waals surface area contributed by atoms with Crippen molar-refractivity contribution < 1.29 is 23.9 Å². The molecule has 0 saturated carbocycles. The SMILES string of the molecule is COc1ccc(C(=O)NCC(=O)NN=Cc2ccc(OC(=O)c3cccc(C)c3)cc2)cc1. The molecule has 33 heavy (non-hydrogen) atoms. The number of hydrazone groups is 1. The number of nitrogens with zero attached hydrogens (tertiary/aromatic N) is 1. The van der Waals surface area contributed by atoms with Crippen LogP contribution in [0.15, 0.2) is 77.9 Å². The quantitative estimate of drug-likeness (QED) is 0.240. The van der Waals surface area contributed by atoms with Gasteiger partial charge in [0.2, 0.25) is 0 Å². The number of aryl methyl sites for hydroxylation is 1. The number of nitrogens with one attached hydrogen (secondary N) is 2. The summed E-state index contributed by atoms with van der Waals surface area (Å²) >= 11 is 0. The van der Waals surface area contributed by atoms with Crippen molar-refractivity contribution in [3.63, 3.8) is 0 Å². The fourth-order valence-electron chi connectivity index (χ4n) is 2.78. The number of hydrogen-bond donors (Lipinski definition) is 2. The number of methoxy groups -OCH3 is 1. The van der Waals surface area contributed by atoms with Gasteiger partial charge < -0.3 is 14.8 Å². The molecule has 0 aromatic heterocycles. The van der Waals surface area contributed by atoms with Crippen LogP contribution in [0.2, 0.25) is 0 Å². The average molecular weight is 445 g/mol. The molecular formula is C25H23N3O5. The van der Waals surface area contributed by atoms with Crippen LogP contribution in [0.4, 0.5) is 0 Å². The zero-order chi connectivity index (χ0) is 23.6. The lowest BCUT2D eigenvalue weighted by atomic mass is 10.1. The zero-order valence-corrected chi connectivity index (χ0v) is 18.2. The monoisotopic (exact) mass is 445 g/mol. The second-order valence-electron chi connectivity index (χ2n) is 7.03. The Balaban J connectivity index is 1.44. The van der Waals surface area contributed by atoms with Crippen LogP contribution in [0.1, 0.15) is 31.8 Å². The number of amides is 2. The third-order valence-electron chi connectivity index (χ3n) is 4.51. The van der Waals surface area contributed by atoms with Crippen LogP contribution < -0.4 is 20.2 Å². The number of carbonyl (C=O) groups excluding carboxylic acids is 3. The van der Waals surface area contributed by atoms with Crippen molar-refractivity contribution in [1.82, 2.24) is 10.7 Å². The summed E-state index contributed by atoms with van der Waals surface area (Å²) in [7, 11) is 1.54. The Morgan fingerprint density at radius 2 is 1.61 bits per heavy atom. The molecule has 168 valence electrons. The Labute approximate surface area is 191 Å². The van der Waals surface area contributed by atoms with E-state index in [9.17, 15) is 14.4 Å². The molecule has 8 heteroatoms. The predicted molar refractivity (Wildman–Crippen MR) is 124 cm³/mol. The van der Waals surface area contributed by atoms with Crippen molar-refractivity contribution in [2.75, 3.05) is 13.7 Å². The standard InChI is InChI=1S/C25H23N3O5/c1-17-4-3-5-20(14-17)25(31)33-22-10-6-18(7-11-22)15-27-28-23(29)16-26-24(30)19-8-12-21(32-2)13-9-19/h3-15H,16H2,1-2H3,(H,26,30)(H,28,29). The molecule has 0 aliphatic heterocycles. The first-order chi connectivity index (χ1) is 15.9. The number of carbonyl (C=O) groups is 3. The normalized spacial score (nSPS) is 10.5. The van der Waals surface area contributed by atoms with Gasteiger partial charge in [-0.25, -0.2) is 10.2 Å². The maximum atomic E-state index is 12.2. The molecule has 2 N–H and O–H groups in total. The summed E-state index contributed by atoms with van der Waals surface area (Å²) in [6, 6.07) is 20.3. The molecule has 2 amide bonds. The van der Waals surface area contributed by atoms with Gasteiger partial charge in [0.25, 0.3) is 11.8 Å². The summed E-state index contributed by atoms with van der Waals surface area (Å²) in [5, 5.41) is 6.38.